The Morgan fingerprint density at radius 2 is 1.92 bits per heavy atom. The quantitative estimate of drug-likeness (QED) is 0.706. The van der Waals surface area contributed by atoms with Crippen LogP contribution in [0.1, 0.15) is 44.1 Å². The Morgan fingerprint density at radius 3 is 2.80 bits per heavy atom. The molecule has 3 saturated heterocycles. The molecule has 0 aromatic heterocycles. The normalized spacial score (nSPS) is 35.6. The van der Waals surface area contributed by atoms with Gasteiger partial charge >= 0.3 is 0 Å². The number of halogens is 1. The van der Waals surface area contributed by atoms with Gasteiger partial charge in [-0.15, -0.1) is 0 Å². The Balaban J connectivity index is 1.40. The smallest absolute Gasteiger partial charge is 0.0406 e. The molecule has 4 atom stereocenters. The van der Waals surface area contributed by atoms with Crippen molar-refractivity contribution in [1.82, 2.24) is 9.80 Å². The van der Waals surface area contributed by atoms with E-state index in [9.17, 15) is 0 Å². The Bertz CT molecular complexity index is 652. The van der Waals surface area contributed by atoms with Crippen molar-refractivity contribution in [1.29, 1.82) is 0 Å². The molecule has 134 valence electrons. The molecule has 2 nitrogen and oxygen atoms in total. The van der Waals surface area contributed by atoms with Crippen LogP contribution in [-0.4, -0.2) is 41.5 Å². The third kappa shape index (κ3) is 3.07. The Kier molecular flexibility index (Phi) is 4.39. The summed E-state index contributed by atoms with van der Waals surface area (Å²) in [4.78, 5) is 5.61. The van der Waals surface area contributed by atoms with Crippen molar-refractivity contribution in [2.75, 3.05) is 19.6 Å². The molecule has 0 N–H and O–H groups in total. The van der Waals surface area contributed by atoms with Gasteiger partial charge in [0, 0.05) is 30.2 Å². The lowest BCUT2D eigenvalue weighted by molar-refractivity contribution is -0.00264. The number of fused-ring (bicyclic) bond motifs is 6. The first-order valence-corrected chi connectivity index (χ1v) is 10.6. The fourth-order valence-corrected chi connectivity index (χ4v) is 6.21. The van der Waals surface area contributed by atoms with E-state index >= 15 is 0 Å². The second-order valence-electron chi connectivity index (χ2n) is 8.60. The van der Waals surface area contributed by atoms with E-state index in [1.54, 1.807) is 5.57 Å². The molecule has 5 rings (SSSR count). The second-order valence-corrected chi connectivity index (χ2v) is 9.04. The van der Waals surface area contributed by atoms with Crippen molar-refractivity contribution in [3.05, 3.63) is 46.5 Å². The van der Waals surface area contributed by atoms with Crippen molar-refractivity contribution in [3.8, 4) is 0 Å². The SMILES string of the molecule is Clc1ccc(CN2CCCC3=CC4CC(CN5CCCC[C@H]45)[C@@H]32)cc1. The molecule has 0 spiro atoms. The molecular weight excluding hydrogens is 328 g/mol. The number of likely N-dealkylation sites (tertiary alicyclic amines) is 1. The summed E-state index contributed by atoms with van der Waals surface area (Å²) in [5.74, 6) is 1.67. The first-order valence-electron chi connectivity index (χ1n) is 10.2. The van der Waals surface area contributed by atoms with Crippen LogP contribution in [-0.2, 0) is 6.54 Å². The minimum absolute atomic E-state index is 0.684. The molecule has 3 fully saturated rings. The van der Waals surface area contributed by atoms with E-state index in [1.807, 2.05) is 12.1 Å². The Hall–Kier alpha value is -0.830. The summed E-state index contributed by atoms with van der Waals surface area (Å²) < 4.78 is 0. The number of rotatable bonds is 2. The highest BCUT2D eigenvalue weighted by molar-refractivity contribution is 6.30. The number of benzene rings is 1. The zero-order valence-electron chi connectivity index (χ0n) is 15.0. The van der Waals surface area contributed by atoms with Gasteiger partial charge in [-0.25, -0.2) is 0 Å². The molecule has 4 aliphatic rings. The summed E-state index contributed by atoms with van der Waals surface area (Å²) in [6, 6.07) is 10.0. The van der Waals surface area contributed by atoms with E-state index in [-0.39, 0.29) is 0 Å². The molecule has 1 aliphatic carbocycles. The van der Waals surface area contributed by atoms with Gasteiger partial charge in [-0.05, 0) is 74.7 Å². The van der Waals surface area contributed by atoms with Gasteiger partial charge in [0.1, 0.15) is 0 Å². The first kappa shape index (κ1) is 16.4. The Morgan fingerprint density at radius 1 is 1.04 bits per heavy atom. The molecule has 0 amide bonds. The van der Waals surface area contributed by atoms with Crippen LogP contribution < -0.4 is 0 Å². The van der Waals surface area contributed by atoms with Crippen LogP contribution in [0.4, 0.5) is 0 Å². The van der Waals surface area contributed by atoms with Gasteiger partial charge in [-0.1, -0.05) is 41.8 Å². The summed E-state index contributed by atoms with van der Waals surface area (Å²) >= 11 is 6.07. The molecule has 3 aliphatic heterocycles. The van der Waals surface area contributed by atoms with Crippen LogP contribution in [0.15, 0.2) is 35.9 Å². The van der Waals surface area contributed by atoms with E-state index in [0.717, 1.165) is 29.4 Å². The van der Waals surface area contributed by atoms with E-state index < -0.39 is 0 Å². The predicted molar refractivity (Wildman–Crippen MR) is 104 cm³/mol. The van der Waals surface area contributed by atoms with E-state index in [2.05, 4.69) is 28.0 Å². The molecule has 2 unspecified atom stereocenters. The van der Waals surface area contributed by atoms with Crippen LogP contribution in [0.25, 0.3) is 0 Å². The third-order valence-corrected chi connectivity index (χ3v) is 7.31. The molecule has 3 heterocycles. The first-order chi connectivity index (χ1) is 12.3. The van der Waals surface area contributed by atoms with Crippen LogP contribution in [0.5, 0.6) is 0 Å². The molecule has 1 aromatic carbocycles. The average molecular weight is 357 g/mol. The molecule has 0 saturated carbocycles. The van der Waals surface area contributed by atoms with Gasteiger partial charge in [0.15, 0.2) is 0 Å². The van der Waals surface area contributed by atoms with Gasteiger partial charge in [0.05, 0.1) is 0 Å². The molecular formula is C22H29ClN2. The van der Waals surface area contributed by atoms with Gasteiger partial charge in [0.2, 0.25) is 0 Å². The van der Waals surface area contributed by atoms with Crippen LogP contribution in [0, 0.1) is 11.8 Å². The third-order valence-electron chi connectivity index (χ3n) is 7.06. The van der Waals surface area contributed by atoms with Crippen molar-refractivity contribution in [2.24, 2.45) is 11.8 Å². The van der Waals surface area contributed by atoms with Gasteiger partial charge in [0.25, 0.3) is 0 Å². The minimum Gasteiger partial charge on any atom is -0.299 e. The summed E-state index contributed by atoms with van der Waals surface area (Å²) in [5.41, 5.74) is 3.17. The van der Waals surface area contributed by atoms with Crippen LogP contribution >= 0.6 is 11.6 Å². The number of hydrogen-bond acceptors (Lipinski definition) is 2. The fraction of sp³-hybridized carbons (Fsp3) is 0.636. The van der Waals surface area contributed by atoms with Crippen molar-refractivity contribution in [3.63, 3.8) is 0 Å². The maximum atomic E-state index is 6.07. The zero-order chi connectivity index (χ0) is 16.8. The lowest BCUT2D eigenvalue weighted by atomic mass is 9.68. The predicted octanol–water partition coefficient (Wildman–Crippen LogP) is 4.74. The van der Waals surface area contributed by atoms with Crippen LogP contribution in [0.3, 0.4) is 0 Å². The van der Waals surface area contributed by atoms with E-state index in [4.69, 9.17) is 11.6 Å². The number of hydrogen-bond donors (Lipinski definition) is 0. The summed E-state index contributed by atoms with van der Waals surface area (Å²) in [6.07, 6.45) is 11.1. The highest BCUT2D eigenvalue weighted by atomic mass is 35.5. The summed E-state index contributed by atoms with van der Waals surface area (Å²) in [7, 11) is 0. The molecule has 1 aromatic rings. The van der Waals surface area contributed by atoms with Crippen molar-refractivity contribution in [2.45, 2.75) is 57.2 Å². The topological polar surface area (TPSA) is 6.48 Å². The fourth-order valence-electron chi connectivity index (χ4n) is 6.09. The highest BCUT2D eigenvalue weighted by Crippen LogP contribution is 2.45. The van der Waals surface area contributed by atoms with Gasteiger partial charge in [-0.3, -0.25) is 9.80 Å². The largest absolute Gasteiger partial charge is 0.299 e. The molecule has 2 bridgehead atoms. The average Bonchev–Trinajstić information content (AvgIpc) is 2.64. The standard InChI is InChI=1S/C22H29ClN2/c23-20-8-6-16(7-9-20)14-25-11-3-4-17-12-18-13-19(22(17)25)15-24-10-2-1-5-21(18)24/h6-9,12,18-19,21-22H,1-5,10-11,13-15H2/t18?,19?,21-,22-/m1/s1. The van der Waals surface area contributed by atoms with Gasteiger partial charge < -0.3 is 0 Å². The monoisotopic (exact) mass is 356 g/mol. The van der Waals surface area contributed by atoms with Crippen LogP contribution in [0.2, 0.25) is 5.02 Å². The lowest BCUT2D eigenvalue weighted by Gasteiger charge is -2.54. The number of piperidine rings is 3. The van der Waals surface area contributed by atoms with Crippen molar-refractivity contribution < 1.29 is 0 Å². The number of nitrogens with zero attached hydrogens (tertiary/aromatic N) is 2. The van der Waals surface area contributed by atoms with Crippen molar-refractivity contribution >= 4 is 11.6 Å². The van der Waals surface area contributed by atoms with E-state index in [0.29, 0.717) is 6.04 Å². The minimum atomic E-state index is 0.684. The van der Waals surface area contributed by atoms with Gasteiger partial charge in [-0.2, -0.15) is 0 Å². The van der Waals surface area contributed by atoms with E-state index in [1.165, 1.54) is 63.7 Å². The second kappa shape index (κ2) is 6.72. The summed E-state index contributed by atoms with van der Waals surface area (Å²) in [6.45, 7) is 4.99. The molecule has 25 heavy (non-hydrogen) atoms. The molecule has 0 radical (unpaired) electrons. The maximum Gasteiger partial charge on any atom is 0.0406 e. The molecule has 3 heteroatoms. The zero-order valence-corrected chi connectivity index (χ0v) is 15.8. The maximum absolute atomic E-state index is 6.07. The highest BCUT2D eigenvalue weighted by Gasteiger charge is 2.45. The lowest BCUT2D eigenvalue weighted by Crippen LogP contribution is -2.58. The Labute approximate surface area is 156 Å². The summed E-state index contributed by atoms with van der Waals surface area (Å²) in [5, 5.41) is 0.840.